The lowest BCUT2D eigenvalue weighted by molar-refractivity contribution is 0.0889. The molecule has 174 valence electrons. The van der Waals surface area contributed by atoms with Gasteiger partial charge in [-0.1, -0.05) is 29.3 Å². The van der Waals surface area contributed by atoms with Crippen molar-refractivity contribution in [3.05, 3.63) is 91.8 Å². The van der Waals surface area contributed by atoms with Crippen molar-refractivity contribution in [1.29, 1.82) is 0 Å². The average Bonchev–Trinajstić information content (AvgIpc) is 2.84. The molecule has 0 radical (unpaired) electrons. The minimum absolute atomic E-state index is 0.155. The molecule has 0 amide bonds. The van der Waals surface area contributed by atoms with E-state index in [1.807, 2.05) is 12.1 Å². The number of rotatable bonds is 5. The first-order valence-electron chi connectivity index (χ1n) is 10.6. The van der Waals surface area contributed by atoms with E-state index in [9.17, 15) is 4.79 Å². The van der Waals surface area contributed by atoms with E-state index in [1.54, 1.807) is 56.5 Å². The number of halogens is 2. The second-order valence-corrected chi connectivity index (χ2v) is 8.84. The Kier molecular flexibility index (Phi) is 6.13. The summed E-state index contributed by atoms with van der Waals surface area (Å²) in [6.07, 6.45) is 0. The predicted molar refractivity (Wildman–Crippen MR) is 131 cm³/mol. The van der Waals surface area contributed by atoms with Gasteiger partial charge in [-0.2, -0.15) is 0 Å². The van der Waals surface area contributed by atoms with Crippen molar-refractivity contribution in [1.82, 2.24) is 4.90 Å². The molecule has 0 saturated heterocycles. The van der Waals surface area contributed by atoms with E-state index in [0.717, 1.165) is 11.1 Å². The molecule has 1 aliphatic heterocycles. The van der Waals surface area contributed by atoms with Gasteiger partial charge in [-0.3, -0.25) is 9.69 Å². The summed E-state index contributed by atoms with van der Waals surface area (Å²) < 4.78 is 23.1. The van der Waals surface area contributed by atoms with Crippen LogP contribution >= 0.6 is 23.2 Å². The van der Waals surface area contributed by atoms with Crippen LogP contribution < -0.4 is 19.6 Å². The second-order valence-electron chi connectivity index (χ2n) is 8.02. The zero-order valence-corrected chi connectivity index (χ0v) is 20.1. The van der Waals surface area contributed by atoms with Crippen molar-refractivity contribution in [2.45, 2.75) is 20.0 Å². The summed E-state index contributed by atoms with van der Waals surface area (Å²) in [4.78, 5) is 15.4. The Labute approximate surface area is 206 Å². The monoisotopic (exact) mass is 497 g/mol. The highest BCUT2D eigenvalue weighted by molar-refractivity contribution is 6.42. The van der Waals surface area contributed by atoms with E-state index in [2.05, 4.69) is 4.90 Å². The maximum atomic E-state index is 13.3. The molecule has 0 aliphatic carbocycles. The molecular formula is C26H21Cl2NO5. The Morgan fingerprint density at radius 1 is 1.00 bits per heavy atom. The quantitative estimate of drug-likeness (QED) is 0.311. The number of aryl methyl sites for hydroxylation is 1. The van der Waals surface area contributed by atoms with Crippen molar-refractivity contribution in [3.63, 3.8) is 0 Å². The molecule has 8 heteroatoms. The molecule has 2 heterocycles. The zero-order valence-electron chi connectivity index (χ0n) is 18.6. The minimum atomic E-state index is -0.237. The summed E-state index contributed by atoms with van der Waals surface area (Å²) >= 11 is 12.2. The average molecular weight is 498 g/mol. The number of hydrogen-bond acceptors (Lipinski definition) is 6. The van der Waals surface area contributed by atoms with Crippen LogP contribution in [0, 0.1) is 6.92 Å². The van der Waals surface area contributed by atoms with Gasteiger partial charge in [0, 0.05) is 13.1 Å². The Hall–Kier alpha value is -3.19. The van der Waals surface area contributed by atoms with Crippen molar-refractivity contribution in [2.24, 2.45) is 0 Å². The third kappa shape index (κ3) is 4.32. The number of fused-ring (bicyclic) bond motifs is 3. The van der Waals surface area contributed by atoms with Gasteiger partial charge in [0.1, 0.15) is 35.3 Å². The molecule has 0 unspecified atom stereocenters. The van der Waals surface area contributed by atoms with Crippen LogP contribution in [0.3, 0.4) is 0 Å². The zero-order chi connectivity index (χ0) is 23.8. The van der Waals surface area contributed by atoms with E-state index in [4.69, 9.17) is 41.8 Å². The third-order valence-corrected chi connectivity index (χ3v) is 6.44. The maximum absolute atomic E-state index is 13.3. The van der Waals surface area contributed by atoms with Crippen molar-refractivity contribution in [2.75, 3.05) is 13.8 Å². The molecule has 0 spiro atoms. The first-order valence-corrected chi connectivity index (χ1v) is 11.4. The largest absolute Gasteiger partial charge is 0.497 e. The molecule has 1 aromatic heterocycles. The van der Waals surface area contributed by atoms with Crippen LogP contribution in [0.15, 0.2) is 63.8 Å². The van der Waals surface area contributed by atoms with Crippen LogP contribution in [0.4, 0.5) is 0 Å². The molecule has 5 rings (SSSR count). The molecule has 0 N–H and O–H groups in total. The highest BCUT2D eigenvalue weighted by Gasteiger charge is 2.24. The Morgan fingerprint density at radius 3 is 2.50 bits per heavy atom. The van der Waals surface area contributed by atoms with Crippen molar-refractivity contribution >= 4 is 34.2 Å². The summed E-state index contributed by atoms with van der Waals surface area (Å²) in [6, 6.07) is 16.1. The van der Waals surface area contributed by atoms with Crippen LogP contribution in [-0.4, -0.2) is 18.7 Å². The Balaban J connectivity index is 1.46. The molecule has 6 nitrogen and oxygen atoms in total. The Bertz CT molecular complexity index is 1430. The van der Waals surface area contributed by atoms with Gasteiger partial charge in [-0.05, 0) is 61.0 Å². The minimum Gasteiger partial charge on any atom is -0.497 e. The highest BCUT2D eigenvalue weighted by atomic mass is 35.5. The maximum Gasteiger partial charge on any atom is 0.235 e. The number of benzene rings is 3. The summed E-state index contributed by atoms with van der Waals surface area (Å²) in [5.74, 6) is 2.46. The fourth-order valence-corrected chi connectivity index (χ4v) is 4.30. The molecule has 0 bridgehead atoms. The first kappa shape index (κ1) is 22.6. The van der Waals surface area contributed by atoms with Gasteiger partial charge < -0.3 is 18.6 Å². The van der Waals surface area contributed by atoms with Crippen LogP contribution in [0.2, 0.25) is 10.0 Å². The van der Waals surface area contributed by atoms with Gasteiger partial charge in [-0.15, -0.1) is 0 Å². The SMILES string of the molecule is COc1ccc(Oc2c(C)oc3c4c(ccc3c2=O)OCN(Cc2ccc(Cl)c(Cl)c2)C4)cc1. The van der Waals surface area contributed by atoms with Crippen LogP contribution in [-0.2, 0) is 13.1 Å². The number of ether oxygens (including phenoxy) is 3. The van der Waals surface area contributed by atoms with Gasteiger partial charge in [0.25, 0.3) is 0 Å². The fourth-order valence-electron chi connectivity index (χ4n) is 3.98. The summed E-state index contributed by atoms with van der Waals surface area (Å²) in [5, 5.41) is 1.46. The normalized spacial score (nSPS) is 13.4. The standard InChI is InChI=1S/C26H21Cl2NO5/c1-15-25(34-18-6-4-17(31-2)5-7-18)24(30)19-8-10-23-20(26(19)33-15)13-29(14-32-23)12-16-3-9-21(27)22(28)11-16/h3-11H,12-14H2,1-2H3. The van der Waals surface area contributed by atoms with E-state index in [1.165, 1.54) is 0 Å². The first-order chi connectivity index (χ1) is 16.4. The van der Waals surface area contributed by atoms with Gasteiger partial charge in [-0.25, -0.2) is 0 Å². The number of methoxy groups -OCH3 is 1. The highest BCUT2D eigenvalue weighted by Crippen LogP contribution is 2.35. The number of nitrogens with zero attached hydrogens (tertiary/aromatic N) is 1. The van der Waals surface area contributed by atoms with Gasteiger partial charge >= 0.3 is 0 Å². The molecule has 0 saturated carbocycles. The predicted octanol–water partition coefficient (Wildman–Crippen LogP) is 6.56. The lowest BCUT2D eigenvalue weighted by Crippen LogP contribution is -2.31. The third-order valence-electron chi connectivity index (χ3n) is 5.70. The molecule has 0 atom stereocenters. The lowest BCUT2D eigenvalue weighted by Gasteiger charge is -2.29. The summed E-state index contributed by atoms with van der Waals surface area (Å²) in [6.45, 7) is 3.28. The Morgan fingerprint density at radius 2 is 1.76 bits per heavy atom. The van der Waals surface area contributed by atoms with Crippen LogP contribution in [0.1, 0.15) is 16.9 Å². The van der Waals surface area contributed by atoms with Crippen LogP contribution in [0.5, 0.6) is 23.0 Å². The van der Waals surface area contributed by atoms with Crippen LogP contribution in [0.25, 0.3) is 11.0 Å². The van der Waals surface area contributed by atoms with Gasteiger partial charge in [0.2, 0.25) is 11.2 Å². The summed E-state index contributed by atoms with van der Waals surface area (Å²) in [5.41, 5.74) is 2.09. The summed E-state index contributed by atoms with van der Waals surface area (Å²) in [7, 11) is 1.59. The van der Waals surface area contributed by atoms with E-state index in [-0.39, 0.29) is 11.2 Å². The molecule has 3 aromatic carbocycles. The second kappa shape index (κ2) is 9.22. The van der Waals surface area contributed by atoms with E-state index >= 15 is 0 Å². The smallest absolute Gasteiger partial charge is 0.235 e. The molecule has 0 fully saturated rings. The fraction of sp³-hybridized carbons (Fsp3) is 0.192. The molecule has 34 heavy (non-hydrogen) atoms. The topological polar surface area (TPSA) is 61.1 Å². The van der Waals surface area contributed by atoms with Gasteiger partial charge in [0.05, 0.1) is 28.1 Å². The lowest BCUT2D eigenvalue weighted by atomic mass is 10.1. The molecular weight excluding hydrogens is 477 g/mol. The number of hydrogen-bond donors (Lipinski definition) is 0. The van der Waals surface area contributed by atoms with E-state index < -0.39 is 0 Å². The van der Waals surface area contributed by atoms with Crippen molar-refractivity contribution < 1.29 is 18.6 Å². The molecule has 4 aromatic rings. The van der Waals surface area contributed by atoms with Crippen molar-refractivity contribution in [3.8, 4) is 23.0 Å². The van der Waals surface area contributed by atoms with Gasteiger partial charge in [0.15, 0.2) is 0 Å². The van der Waals surface area contributed by atoms with E-state index in [0.29, 0.717) is 63.8 Å². The molecule has 1 aliphatic rings.